The average Bonchev–Trinajstić information content (AvgIpc) is 2.59. The van der Waals surface area contributed by atoms with E-state index in [0.717, 1.165) is 11.1 Å². The number of benzene rings is 2. The van der Waals surface area contributed by atoms with Gasteiger partial charge in [-0.3, -0.25) is 0 Å². The lowest BCUT2D eigenvalue weighted by atomic mass is 9.99. The molecule has 0 aromatic heterocycles. The lowest BCUT2D eigenvalue weighted by Crippen LogP contribution is -2.45. The Morgan fingerprint density at radius 3 is 2.26 bits per heavy atom. The Labute approximate surface area is 141 Å². The Hall–Kier alpha value is -2.04. The highest BCUT2D eigenvalue weighted by Crippen LogP contribution is 2.23. The molecule has 0 aliphatic rings. The predicted octanol–water partition coefficient (Wildman–Crippen LogP) is 3.45. The Bertz CT molecular complexity index is 631. The smallest absolute Gasteiger partial charge is 0.318 e. The van der Waals surface area contributed by atoms with Crippen LogP contribution >= 0.6 is 11.6 Å². The van der Waals surface area contributed by atoms with Crippen molar-refractivity contribution in [3.63, 3.8) is 0 Å². The van der Waals surface area contributed by atoms with E-state index in [0.29, 0.717) is 5.02 Å². The maximum atomic E-state index is 12.4. The zero-order valence-electron chi connectivity index (χ0n) is 13.2. The Kier molecular flexibility index (Phi) is 6.02. The number of amides is 2. The molecular formula is C18H21ClN2O2. The summed E-state index contributed by atoms with van der Waals surface area (Å²) in [5, 5.41) is 12.9. The molecule has 2 aromatic rings. The summed E-state index contributed by atoms with van der Waals surface area (Å²) >= 11 is 5.96. The van der Waals surface area contributed by atoms with Gasteiger partial charge in [-0.2, -0.15) is 0 Å². The summed E-state index contributed by atoms with van der Waals surface area (Å²) in [6, 6.07) is 16.4. The van der Waals surface area contributed by atoms with Gasteiger partial charge in [0.2, 0.25) is 0 Å². The summed E-state index contributed by atoms with van der Waals surface area (Å²) in [7, 11) is 1.67. The molecular weight excluding hydrogens is 312 g/mol. The number of carbonyl (C=O) groups is 1. The van der Waals surface area contributed by atoms with Crippen molar-refractivity contribution in [2.75, 3.05) is 13.7 Å². The highest BCUT2D eigenvalue weighted by Gasteiger charge is 2.21. The fourth-order valence-electron chi connectivity index (χ4n) is 2.21. The Morgan fingerprint density at radius 1 is 1.13 bits per heavy atom. The minimum absolute atomic E-state index is 0.0825. The molecule has 2 amide bonds. The molecule has 0 heterocycles. The van der Waals surface area contributed by atoms with Crippen LogP contribution in [0.5, 0.6) is 0 Å². The van der Waals surface area contributed by atoms with Gasteiger partial charge in [0.1, 0.15) is 0 Å². The molecule has 0 saturated heterocycles. The second-order valence-electron chi connectivity index (χ2n) is 5.49. The molecule has 4 nitrogen and oxygen atoms in total. The van der Waals surface area contributed by atoms with Gasteiger partial charge >= 0.3 is 6.03 Å². The summed E-state index contributed by atoms with van der Waals surface area (Å²) in [6.45, 7) is 1.71. The quantitative estimate of drug-likeness (QED) is 0.881. The summed E-state index contributed by atoms with van der Waals surface area (Å²) in [6.07, 6.45) is 0. The first-order valence-corrected chi connectivity index (χ1v) is 7.85. The fraction of sp³-hybridized carbons (Fsp3) is 0.278. The van der Waals surface area contributed by atoms with Crippen molar-refractivity contribution < 1.29 is 9.90 Å². The first-order chi connectivity index (χ1) is 11.0. The van der Waals surface area contributed by atoms with Crippen LogP contribution in [0.2, 0.25) is 5.02 Å². The lowest BCUT2D eigenvalue weighted by Gasteiger charge is -2.27. The van der Waals surface area contributed by atoms with Crippen LogP contribution in [-0.4, -0.2) is 35.7 Å². The molecule has 2 unspecified atom stereocenters. The number of aliphatic hydroxyl groups is 1. The van der Waals surface area contributed by atoms with Crippen LogP contribution in [-0.2, 0) is 0 Å². The van der Waals surface area contributed by atoms with Crippen LogP contribution in [0.15, 0.2) is 54.6 Å². The number of rotatable bonds is 5. The molecule has 2 N–H and O–H groups in total. The molecule has 122 valence electrons. The molecule has 2 rings (SSSR count). The lowest BCUT2D eigenvalue weighted by molar-refractivity contribution is 0.156. The third-order valence-electron chi connectivity index (χ3n) is 3.85. The molecule has 0 bridgehead atoms. The Morgan fingerprint density at radius 2 is 1.70 bits per heavy atom. The van der Waals surface area contributed by atoms with Crippen molar-refractivity contribution >= 4 is 17.6 Å². The van der Waals surface area contributed by atoms with Gasteiger partial charge in [-0.15, -0.1) is 0 Å². The standard InChI is InChI=1S/C18H21ClN2O2/c1-13(12-22)21(2)18(23)20-17(14-6-4-3-5-7-14)15-8-10-16(19)11-9-15/h3-11,13,17,22H,12H2,1-2H3,(H,20,23). The number of urea groups is 1. The van der Waals surface area contributed by atoms with Crippen molar-refractivity contribution in [2.45, 2.75) is 19.0 Å². The molecule has 5 heteroatoms. The second kappa shape index (κ2) is 7.99. The minimum atomic E-state index is -0.283. The maximum absolute atomic E-state index is 12.4. The topological polar surface area (TPSA) is 52.6 Å². The molecule has 0 fully saturated rings. The van der Waals surface area contributed by atoms with Crippen molar-refractivity contribution in [1.29, 1.82) is 0 Å². The molecule has 23 heavy (non-hydrogen) atoms. The van der Waals surface area contributed by atoms with Crippen LogP contribution in [0.3, 0.4) is 0 Å². The number of nitrogens with zero attached hydrogens (tertiary/aromatic N) is 1. The summed E-state index contributed by atoms with van der Waals surface area (Å²) in [5.74, 6) is 0. The van der Waals surface area contributed by atoms with Gasteiger partial charge < -0.3 is 15.3 Å². The van der Waals surface area contributed by atoms with E-state index in [2.05, 4.69) is 5.32 Å². The van der Waals surface area contributed by atoms with Gasteiger partial charge in [-0.05, 0) is 30.2 Å². The van der Waals surface area contributed by atoms with Gasteiger partial charge in [0.05, 0.1) is 18.7 Å². The number of carbonyl (C=O) groups excluding carboxylic acids is 1. The van der Waals surface area contributed by atoms with Crippen LogP contribution in [0.1, 0.15) is 24.1 Å². The normalized spacial score (nSPS) is 13.2. The van der Waals surface area contributed by atoms with Gasteiger partial charge in [-0.25, -0.2) is 4.79 Å². The molecule has 0 saturated carbocycles. The number of halogens is 1. The number of aliphatic hydroxyl groups excluding tert-OH is 1. The number of likely N-dealkylation sites (N-methyl/N-ethyl adjacent to an activating group) is 1. The number of nitrogens with one attached hydrogen (secondary N) is 1. The van der Waals surface area contributed by atoms with Crippen LogP contribution in [0.4, 0.5) is 4.79 Å². The van der Waals surface area contributed by atoms with E-state index >= 15 is 0 Å². The van der Waals surface area contributed by atoms with Crippen molar-refractivity contribution in [3.05, 3.63) is 70.7 Å². The average molecular weight is 333 g/mol. The van der Waals surface area contributed by atoms with E-state index in [1.807, 2.05) is 42.5 Å². The predicted molar refractivity (Wildman–Crippen MR) is 92.6 cm³/mol. The summed E-state index contributed by atoms with van der Waals surface area (Å²) < 4.78 is 0. The minimum Gasteiger partial charge on any atom is -0.394 e. The third kappa shape index (κ3) is 4.47. The zero-order chi connectivity index (χ0) is 16.8. The van der Waals surface area contributed by atoms with E-state index in [1.165, 1.54) is 4.90 Å². The zero-order valence-corrected chi connectivity index (χ0v) is 14.0. The SMILES string of the molecule is CC(CO)N(C)C(=O)NC(c1ccccc1)c1ccc(Cl)cc1. The van der Waals surface area contributed by atoms with E-state index in [1.54, 1.807) is 26.1 Å². The maximum Gasteiger partial charge on any atom is 0.318 e. The first kappa shape index (κ1) is 17.3. The third-order valence-corrected chi connectivity index (χ3v) is 4.10. The first-order valence-electron chi connectivity index (χ1n) is 7.47. The second-order valence-corrected chi connectivity index (χ2v) is 5.92. The highest BCUT2D eigenvalue weighted by atomic mass is 35.5. The number of hydrogen-bond donors (Lipinski definition) is 2. The number of hydrogen-bond acceptors (Lipinski definition) is 2. The van der Waals surface area contributed by atoms with Crippen LogP contribution in [0, 0.1) is 0 Å². The fourth-order valence-corrected chi connectivity index (χ4v) is 2.33. The molecule has 0 radical (unpaired) electrons. The monoisotopic (exact) mass is 332 g/mol. The van der Waals surface area contributed by atoms with E-state index in [9.17, 15) is 9.90 Å². The van der Waals surface area contributed by atoms with E-state index in [4.69, 9.17) is 11.6 Å². The van der Waals surface area contributed by atoms with Crippen LogP contribution in [0.25, 0.3) is 0 Å². The van der Waals surface area contributed by atoms with Gasteiger partial charge in [0.15, 0.2) is 0 Å². The van der Waals surface area contributed by atoms with Crippen molar-refractivity contribution in [3.8, 4) is 0 Å². The van der Waals surface area contributed by atoms with Gasteiger partial charge in [0.25, 0.3) is 0 Å². The van der Waals surface area contributed by atoms with E-state index < -0.39 is 0 Å². The molecule has 0 aliphatic carbocycles. The summed E-state index contributed by atoms with van der Waals surface area (Å²) in [4.78, 5) is 13.9. The van der Waals surface area contributed by atoms with Crippen molar-refractivity contribution in [2.24, 2.45) is 0 Å². The highest BCUT2D eigenvalue weighted by molar-refractivity contribution is 6.30. The molecule has 2 aromatic carbocycles. The molecule has 0 aliphatic heterocycles. The van der Waals surface area contributed by atoms with Crippen LogP contribution < -0.4 is 5.32 Å². The van der Waals surface area contributed by atoms with Crippen molar-refractivity contribution in [1.82, 2.24) is 10.2 Å². The van der Waals surface area contributed by atoms with E-state index in [-0.39, 0.29) is 24.7 Å². The largest absolute Gasteiger partial charge is 0.394 e. The molecule has 0 spiro atoms. The molecule has 2 atom stereocenters. The Balaban J connectivity index is 2.28. The van der Waals surface area contributed by atoms with Gasteiger partial charge in [-0.1, -0.05) is 54.1 Å². The van der Waals surface area contributed by atoms with Gasteiger partial charge in [0, 0.05) is 12.1 Å². The summed E-state index contributed by atoms with van der Waals surface area (Å²) in [5.41, 5.74) is 1.92.